The number of rotatable bonds is 4. The number of hydrogen-bond acceptors (Lipinski definition) is 5. The quantitative estimate of drug-likeness (QED) is 0.824. The van der Waals surface area contributed by atoms with Crippen LogP contribution in [0.3, 0.4) is 0 Å². The van der Waals surface area contributed by atoms with Gasteiger partial charge in [0, 0.05) is 25.9 Å². The monoisotopic (exact) mass is 360 g/mol. The Morgan fingerprint density at radius 3 is 2.88 bits per heavy atom. The highest BCUT2D eigenvalue weighted by Gasteiger charge is 2.50. The van der Waals surface area contributed by atoms with Gasteiger partial charge in [-0.2, -0.15) is 0 Å². The second-order valence-corrected chi connectivity index (χ2v) is 7.86. The van der Waals surface area contributed by atoms with Crippen LogP contribution in [0.25, 0.3) is 0 Å². The smallest absolute Gasteiger partial charge is 0.320 e. The first-order valence-corrected chi connectivity index (χ1v) is 9.73. The fraction of sp³-hybridized carbons (Fsp3) is 0.737. The molecule has 1 spiro atoms. The first-order valence-electron chi connectivity index (χ1n) is 9.73. The standard InChI is InChI=1S/C19H28N4O3/c1-15-11-20-12-17(21-15)25-8-4-16-5-9-26-19(10-16)13-23(14-19)18(24)22-6-2-3-7-22/h11-12,16H,2-10,13-14H2,1H3/t16-/m1/s1. The SMILES string of the molecule is Cc1cncc(OCC[C@@H]2CCOC3(C2)CN(C(=O)N2CCCC2)C3)n1. The third kappa shape index (κ3) is 3.77. The van der Waals surface area contributed by atoms with Gasteiger partial charge in [-0.15, -0.1) is 0 Å². The fourth-order valence-electron chi connectivity index (χ4n) is 4.33. The zero-order valence-electron chi connectivity index (χ0n) is 15.5. The van der Waals surface area contributed by atoms with Crippen molar-refractivity contribution in [1.82, 2.24) is 19.8 Å². The van der Waals surface area contributed by atoms with E-state index in [0.29, 0.717) is 18.4 Å². The van der Waals surface area contributed by atoms with Crippen LogP contribution in [0, 0.1) is 12.8 Å². The second-order valence-electron chi connectivity index (χ2n) is 7.86. The highest BCUT2D eigenvalue weighted by Crippen LogP contribution is 2.38. The molecule has 0 aromatic carbocycles. The summed E-state index contributed by atoms with van der Waals surface area (Å²) < 4.78 is 11.8. The number of ether oxygens (including phenoxy) is 2. The lowest BCUT2D eigenvalue weighted by atomic mass is 9.79. The summed E-state index contributed by atoms with van der Waals surface area (Å²) in [5.74, 6) is 1.17. The summed E-state index contributed by atoms with van der Waals surface area (Å²) in [7, 11) is 0. The maximum Gasteiger partial charge on any atom is 0.320 e. The van der Waals surface area contributed by atoms with Crippen LogP contribution in [-0.2, 0) is 4.74 Å². The molecule has 0 bridgehead atoms. The molecule has 0 unspecified atom stereocenters. The van der Waals surface area contributed by atoms with Crippen LogP contribution in [0.2, 0.25) is 0 Å². The van der Waals surface area contributed by atoms with Crippen molar-refractivity contribution >= 4 is 6.03 Å². The summed E-state index contributed by atoms with van der Waals surface area (Å²) in [5, 5.41) is 0. The van der Waals surface area contributed by atoms with Gasteiger partial charge >= 0.3 is 6.03 Å². The minimum absolute atomic E-state index is 0.124. The van der Waals surface area contributed by atoms with Gasteiger partial charge in [0.05, 0.1) is 31.6 Å². The molecule has 0 aliphatic carbocycles. The molecule has 4 rings (SSSR count). The van der Waals surface area contributed by atoms with Gasteiger partial charge in [-0.25, -0.2) is 9.78 Å². The highest BCUT2D eigenvalue weighted by atomic mass is 16.5. The van der Waals surface area contributed by atoms with Crippen molar-refractivity contribution in [3.63, 3.8) is 0 Å². The molecule has 3 saturated heterocycles. The van der Waals surface area contributed by atoms with Crippen LogP contribution >= 0.6 is 0 Å². The first-order chi connectivity index (χ1) is 12.6. The highest BCUT2D eigenvalue weighted by molar-refractivity contribution is 5.76. The van der Waals surface area contributed by atoms with E-state index in [1.165, 1.54) is 0 Å². The minimum atomic E-state index is -0.124. The number of urea groups is 1. The van der Waals surface area contributed by atoms with Crippen molar-refractivity contribution in [2.75, 3.05) is 39.4 Å². The lowest BCUT2D eigenvalue weighted by Gasteiger charge is -2.53. The second kappa shape index (κ2) is 7.39. The van der Waals surface area contributed by atoms with E-state index in [-0.39, 0.29) is 11.6 Å². The van der Waals surface area contributed by atoms with Gasteiger partial charge in [0.15, 0.2) is 0 Å². The number of hydrogen-bond donors (Lipinski definition) is 0. The van der Waals surface area contributed by atoms with Crippen molar-refractivity contribution < 1.29 is 14.3 Å². The summed E-state index contributed by atoms with van der Waals surface area (Å²) in [6, 6.07) is 0.195. The number of carbonyl (C=O) groups excluding carboxylic acids is 1. The zero-order chi connectivity index (χ0) is 18.0. The molecular weight excluding hydrogens is 332 g/mol. The van der Waals surface area contributed by atoms with E-state index < -0.39 is 0 Å². The van der Waals surface area contributed by atoms with E-state index in [1.54, 1.807) is 12.4 Å². The maximum absolute atomic E-state index is 12.5. The molecule has 0 radical (unpaired) electrons. The predicted octanol–water partition coefficient (Wildman–Crippen LogP) is 2.25. The lowest BCUT2D eigenvalue weighted by Crippen LogP contribution is -2.68. The lowest BCUT2D eigenvalue weighted by molar-refractivity contribution is -0.167. The summed E-state index contributed by atoms with van der Waals surface area (Å²) in [6.45, 7) is 6.63. The van der Waals surface area contributed by atoms with Crippen LogP contribution in [0.4, 0.5) is 4.79 Å². The van der Waals surface area contributed by atoms with Gasteiger partial charge in [-0.3, -0.25) is 4.98 Å². The summed E-state index contributed by atoms with van der Waals surface area (Å²) >= 11 is 0. The predicted molar refractivity (Wildman–Crippen MR) is 96.1 cm³/mol. The van der Waals surface area contributed by atoms with Crippen LogP contribution in [0.15, 0.2) is 12.4 Å². The molecule has 0 N–H and O–H groups in total. The third-order valence-corrected chi connectivity index (χ3v) is 5.71. The largest absolute Gasteiger partial charge is 0.477 e. The number of amides is 2. The van der Waals surface area contributed by atoms with Crippen molar-refractivity contribution in [1.29, 1.82) is 0 Å². The maximum atomic E-state index is 12.5. The molecule has 1 aromatic rings. The van der Waals surface area contributed by atoms with Crippen LogP contribution in [0.5, 0.6) is 5.88 Å². The van der Waals surface area contributed by atoms with E-state index in [4.69, 9.17) is 9.47 Å². The van der Waals surface area contributed by atoms with E-state index in [1.807, 2.05) is 16.7 Å². The number of carbonyl (C=O) groups is 1. The molecule has 2 amide bonds. The molecule has 1 atom stereocenters. The molecule has 3 aliphatic rings. The Bertz CT molecular complexity index is 641. The summed E-state index contributed by atoms with van der Waals surface area (Å²) in [4.78, 5) is 24.8. The van der Waals surface area contributed by atoms with Gasteiger partial charge in [0.25, 0.3) is 0 Å². The van der Waals surface area contributed by atoms with Crippen molar-refractivity contribution in [3.05, 3.63) is 18.1 Å². The molecule has 26 heavy (non-hydrogen) atoms. The summed E-state index contributed by atoms with van der Waals surface area (Å²) in [5.41, 5.74) is 0.742. The molecule has 142 valence electrons. The minimum Gasteiger partial charge on any atom is -0.477 e. The van der Waals surface area contributed by atoms with Crippen LogP contribution in [-0.4, -0.2) is 70.8 Å². The van der Waals surface area contributed by atoms with Gasteiger partial charge in [-0.1, -0.05) is 0 Å². The molecule has 3 aliphatic heterocycles. The van der Waals surface area contributed by atoms with Gasteiger partial charge in [-0.05, 0) is 44.9 Å². The van der Waals surface area contributed by atoms with E-state index in [2.05, 4.69) is 9.97 Å². The Morgan fingerprint density at radius 1 is 1.31 bits per heavy atom. The molecule has 4 heterocycles. The average Bonchev–Trinajstić information content (AvgIpc) is 3.14. The van der Waals surface area contributed by atoms with E-state index >= 15 is 0 Å². The fourth-order valence-corrected chi connectivity index (χ4v) is 4.33. The molecule has 1 aromatic heterocycles. The summed E-state index contributed by atoms with van der Waals surface area (Å²) in [6.07, 6.45) is 8.71. The van der Waals surface area contributed by atoms with Gasteiger partial charge in [0.2, 0.25) is 5.88 Å². The van der Waals surface area contributed by atoms with E-state index in [9.17, 15) is 4.79 Å². The van der Waals surface area contributed by atoms with Gasteiger partial charge in [0.1, 0.15) is 5.60 Å². The number of aromatic nitrogens is 2. The van der Waals surface area contributed by atoms with Crippen LogP contribution in [0.1, 0.15) is 37.8 Å². The third-order valence-electron chi connectivity index (χ3n) is 5.71. The Balaban J connectivity index is 1.23. The van der Waals surface area contributed by atoms with Gasteiger partial charge < -0.3 is 19.3 Å². The molecule has 7 nitrogen and oxygen atoms in total. The Hall–Kier alpha value is -1.89. The van der Waals surface area contributed by atoms with Crippen molar-refractivity contribution in [3.8, 4) is 5.88 Å². The van der Waals surface area contributed by atoms with E-state index in [0.717, 1.165) is 70.6 Å². The Labute approximate surface area is 154 Å². The van der Waals surface area contributed by atoms with Crippen molar-refractivity contribution in [2.24, 2.45) is 5.92 Å². The molecular formula is C19H28N4O3. The average molecular weight is 360 g/mol. The number of likely N-dealkylation sites (tertiary alicyclic amines) is 2. The Morgan fingerprint density at radius 2 is 2.12 bits per heavy atom. The zero-order valence-corrected chi connectivity index (χ0v) is 15.5. The van der Waals surface area contributed by atoms with Crippen molar-refractivity contribution in [2.45, 2.75) is 44.6 Å². The molecule has 0 saturated carbocycles. The number of nitrogens with zero attached hydrogens (tertiary/aromatic N) is 4. The first kappa shape index (κ1) is 17.5. The normalized spacial score (nSPS) is 24.6. The number of aryl methyl sites for hydroxylation is 1. The Kier molecular flexibility index (Phi) is 4.98. The molecule has 7 heteroatoms. The topological polar surface area (TPSA) is 67.8 Å². The van der Waals surface area contributed by atoms with Crippen LogP contribution < -0.4 is 4.74 Å². The molecule has 3 fully saturated rings.